The summed E-state index contributed by atoms with van der Waals surface area (Å²) in [6.07, 6.45) is 1.03. The molecule has 0 radical (unpaired) electrons. The minimum absolute atomic E-state index is 0.173. The van der Waals surface area contributed by atoms with E-state index in [4.69, 9.17) is 23.4 Å². The molecule has 0 aromatic rings. The van der Waals surface area contributed by atoms with E-state index >= 15 is 0 Å². The van der Waals surface area contributed by atoms with E-state index in [2.05, 4.69) is 32.8 Å². The van der Waals surface area contributed by atoms with Crippen LogP contribution in [0, 0.1) is 0 Å². The van der Waals surface area contributed by atoms with E-state index in [-0.39, 0.29) is 25.8 Å². The van der Waals surface area contributed by atoms with Gasteiger partial charge in [-0.25, -0.2) is 4.79 Å². The number of carbonyl (C=O) groups excluding carboxylic acids is 1. The highest BCUT2D eigenvalue weighted by atomic mass is 28.4. The molecule has 0 aliphatic heterocycles. The average Bonchev–Trinajstić information content (AvgIpc) is 2.58. The quantitative estimate of drug-likeness (QED) is 0.157. The molecule has 7 nitrogen and oxygen atoms in total. The van der Waals surface area contributed by atoms with Crippen LogP contribution in [0.1, 0.15) is 19.8 Å². The molecule has 2 N–H and O–H groups in total. The molecule has 0 heterocycles. The summed E-state index contributed by atoms with van der Waals surface area (Å²) in [5, 5.41) is 18.0. The van der Waals surface area contributed by atoms with Gasteiger partial charge in [0.1, 0.15) is 12.7 Å². The summed E-state index contributed by atoms with van der Waals surface area (Å²) in [6, 6.07) is 2.03. The van der Waals surface area contributed by atoms with Crippen LogP contribution in [0.3, 0.4) is 0 Å². The molecule has 0 aromatic heterocycles. The van der Waals surface area contributed by atoms with Gasteiger partial charge in [0.15, 0.2) is 16.6 Å². The Labute approximate surface area is 172 Å². The van der Waals surface area contributed by atoms with Crippen molar-refractivity contribution in [3.63, 3.8) is 0 Å². The summed E-state index contributed by atoms with van der Waals surface area (Å²) < 4.78 is 22.4. The van der Waals surface area contributed by atoms with Gasteiger partial charge in [0.2, 0.25) is 0 Å². The Kier molecular flexibility index (Phi) is 14.1. The fourth-order valence-electron chi connectivity index (χ4n) is 2.74. The van der Waals surface area contributed by atoms with Gasteiger partial charge in [-0.2, -0.15) is 0 Å². The van der Waals surface area contributed by atoms with E-state index in [0.717, 1.165) is 24.9 Å². The molecular weight excluding hydrogens is 396 g/mol. The number of carbonyl (C=O) groups is 1. The summed E-state index contributed by atoms with van der Waals surface area (Å²) >= 11 is 0. The predicted molar refractivity (Wildman–Crippen MR) is 115 cm³/mol. The maximum Gasteiger partial charge on any atom is 0.333 e. The van der Waals surface area contributed by atoms with Crippen molar-refractivity contribution in [2.45, 2.75) is 64.1 Å². The van der Waals surface area contributed by atoms with E-state index < -0.39 is 22.7 Å². The van der Waals surface area contributed by atoms with E-state index in [0.29, 0.717) is 25.4 Å². The maximum absolute atomic E-state index is 11.2. The van der Waals surface area contributed by atoms with Gasteiger partial charge in [-0.05, 0) is 58.0 Å². The van der Waals surface area contributed by atoms with Gasteiger partial charge >= 0.3 is 5.97 Å². The van der Waals surface area contributed by atoms with E-state index in [9.17, 15) is 9.90 Å². The minimum Gasteiger partial charge on any atom is -0.460 e. The topological polar surface area (TPSA) is 94.5 Å². The zero-order valence-corrected chi connectivity index (χ0v) is 20.3. The zero-order chi connectivity index (χ0) is 21.6. The highest BCUT2D eigenvalue weighted by molar-refractivity contribution is 6.84. The highest BCUT2D eigenvalue weighted by Gasteiger charge is 2.32. The first-order valence-electron chi connectivity index (χ1n) is 9.96. The summed E-state index contributed by atoms with van der Waals surface area (Å²) in [6.45, 7) is 15.8. The predicted octanol–water partition coefficient (Wildman–Crippen LogP) is 2.70. The molecule has 166 valence electrons. The Morgan fingerprint density at radius 1 is 0.964 bits per heavy atom. The van der Waals surface area contributed by atoms with Crippen LogP contribution in [0.5, 0.6) is 0 Å². The SMILES string of the molecule is C=C(C)C(=O)OCCOCCC[Si](C)(C)O[Si](C)(C)CCCOCC(O)CO. The molecule has 0 bridgehead atoms. The van der Waals surface area contributed by atoms with Gasteiger partial charge in [-0.15, -0.1) is 0 Å². The first-order chi connectivity index (χ1) is 13.0. The Hall–Kier alpha value is -0.556. The van der Waals surface area contributed by atoms with Gasteiger partial charge in [-0.3, -0.25) is 0 Å². The minimum atomic E-state index is -1.77. The lowest BCUT2D eigenvalue weighted by Gasteiger charge is -2.34. The molecule has 0 saturated carbocycles. The zero-order valence-electron chi connectivity index (χ0n) is 18.3. The fraction of sp³-hybridized carbons (Fsp3) is 0.842. The lowest BCUT2D eigenvalue weighted by molar-refractivity contribution is -0.140. The summed E-state index contributed by atoms with van der Waals surface area (Å²) in [5.41, 5.74) is 0.394. The largest absolute Gasteiger partial charge is 0.460 e. The van der Waals surface area contributed by atoms with Crippen LogP contribution < -0.4 is 0 Å². The molecular formula is C19H40O7Si2. The van der Waals surface area contributed by atoms with Crippen LogP contribution in [-0.4, -0.2) is 78.6 Å². The highest BCUT2D eigenvalue weighted by Crippen LogP contribution is 2.23. The maximum atomic E-state index is 11.2. The third-order valence-corrected chi connectivity index (χ3v) is 11.6. The van der Waals surface area contributed by atoms with Crippen molar-refractivity contribution in [2.75, 3.05) is 39.6 Å². The average molecular weight is 437 g/mol. The number of ether oxygens (including phenoxy) is 3. The smallest absolute Gasteiger partial charge is 0.333 e. The second-order valence-electron chi connectivity index (χ2n) is 8.27. The van der Waals surface area contributed by atoms with E-state index in [1.54, 1.807) is 6.92 Å². The molecule has 0 amide bonds. The molecule has 1 unspecified atom stereocenters. The summed E-state index contributed by atoms with van der Waals surface area (Å²) in [5.74, 6) is -0.382. The summed E-state index contributed by atoms with van der Waals surface area (Å²) in [4.78, 5) is 11.2. The van der Waals surface area contributed by atoms with Crippen LogP contribution in [0.25, 0.3) is 0 Å². The first kappa shape index (κ1) is 27.4. The van der Waals surface area contributed by atoms with Crippen LogP contribution in [-0.2, 0) is 23.1 Å². The number of hydrogen-bond acceptors (Lipinski definition) is 7. The van der Waals surface area contributed by atoms with Gasteiger partial charge in [-0.1, -0.05) is 6.58 Å². The van der Waals surface area contributed by atoms with Crippen molar-refractivity contribution in [3.05, 3.63) is 12.2 Å². The lowest BCUT2D eigenvalue weighted by atomic mass is 10.4. The molecule has 0 saturated heterocycles. The Morgan fingerprint density at radius 3 is 2.00 bits per heavy atom. The normalized spacial score (nSPS) is 13.4. The van der Waals surface area contributed by atoms with Crippen molar-refractivity contribution in [2.24, 2.45) is 0 Å². The van der Waals surface area contributed by atoms with Crippen molar-refractivity contribution in [1.82, 2.24) is 0 Å². The molecule has 0 aliphatic rings. The van der Waals surface area contributed by atoms with Crippen LogP contribution >= 0.6 is 0 Å². The molecule has 9 heteroatoms. The molecule has 0 fully saturated rings. The molecule has 0 aromatic carbocycles. The molecule has 0 aliphatic carbocycles. The third-order valence-electron chi connectivity index (χ3n) is 4.02. The number of esters is 1. The van der Waals surface area contributed by atoms with E-state index in [1.807, 2.05) is 0 Å². The van der Waals surface area contributed by atoms with Gasteiger partial charge in [0, 0.05) is 18.8 Å². The van der Waals surface area contributed by atoms with Crippen molar-refractivity contribution in [1.29, 1.82) is 0 Å². The van der Waals surface area contributed by atoms with Crippen molar-refractivity contribution >= 4 is 22.6 Å². The molecule has 28 heavy (non-hydrogen) atoms. The van der Waals surface area contributed by atoms with Crippen LogP contribution in [0.15, 0.2) is 12.2 Å². The second kappa shape index (κ2) is 14.4. The Balaban J connectivity index is 3.88. The Bertz CT molecular complexity index is 456. The van der Waals surface area contributed by atoms with Crippen LogP contribution in [0.2, 0.25) is 38.3 Å². The lowest BCUT2D eigenvalue weighted by Crippen LogP contribution is -2.44. The van der Waals surface area contributed by atoms with Gasteiger partial charge in [0.05, 0.1) is 19.8 Å². The molecule has 1 atom stereocenters. The number of rotatable bonds is 17. The third kappa shape index (κ3) is 15.4. The van der Waals surface area contributed by atoms with Crippen LogP contribution in [0.4, 0.5) is 0 Å². The van der Waals surface area contributed by atoms with Crippen molar-refractivity contribution < 1.29 is 33.3 Å². The van der Waals surface area contributed by atoms with Gasteiger partial charge < -0.3 is 28.5 Å². The number of hydrogen-bond donors (Lipinski definition) is 2. The standard InChI is InChI=1S/C19H40O7Si2/c1-17(2)19(22)25-12-11-23-9-7-13-27(3,4)26-28(5,6)14-8-10-24-16-18(21)15-20/h18,20-21H,1,7-16H2,2-6H3. The molecule has 0 spiro atoms. The van der Waals surface area contributed by atoms with Gasteiger partial charge in [0.25, 0.3) is 0 Å². The second-order valence-corrected chi connectivity index (χ2v) is 17.1. The number of aliphatic hydroxyl groups is 2. The Morgan fingerprint density at radius 2 is 1.50 bits per heavy atom. The van der Waals surface area contributed by atoms with Crippen molar-refractivity contribution in [3.8, 4) is 0 Å². The fourth-order valence-corrected chi connectivity index (χ4v) is 11.5. The monoisotopic (exact) mass is 436 g/mol. The molecule has 0 rings (SSSR count). The van der Waals surface area contributed by atoms with E-state index in [1.165, 1.54) is 0 Å². The first-order valence-corrected chi connectivity index (χ1v) is 16.2. The summed E-state index contributed by atoms with van der Waals surface area (Å²) in [7, 11) is -3.53. The number of aliphatic hydroxyl groups excluding tert-OH is 2.